The minimum Gasteiger partial charge on any atom is -0.383 e. The van der Waals surface area contributed by atoms with E-state index in [0.29, 0.717) is 0 Å². The number of ether oxygens (including phenoxy) is 1. The molecule has 19 heavy (non-hydrogen) atoms. The summed E-state index contributed by atoms with van der Waals surface area (Å²) in [6.45, 7) is 10.8. The van der Waals surface area contributed by atoms with Crippen LogP contribution in [0.2, 0.25) is 0 Å². The van der Waals surface area contributed by atoms with Gasteiger partial charge in [-0.25, -0.2) is 0 Å². The summed E-state index contributed by atoms with van der Waals surface area (Å²) in [5, 5.41) is 3.51. The first-order valence-corrected chi connectivity index (χ1v) is 8.03. The first-order valence-electron chi connectivity index (χ1n) is 8.03. The molecule has 2 rings (SSSR count). The van der Waals surface area contributed by atoms with E-state index in [9.17, 15) is 0 Å². The highest BCUT2D eigenvalue weighted by Crippen LogP contribution is 2.16. The molecule has 2 heterocycles. The first-order chi connectivity index (χ1) is 9.38. The zero-order valence-corrected chi connectivity index (χ0v) is 12.6. The minimum absolute atomic E-state index is 0.825. The van der Waals surface area contributed by atoms with Gasteiger partial charge in [0, 0.05) is 33.3 Å². The van der Waals surface area contributed by atoms with Crippen molar-refractivity contribution in [3.63, 3.8) is 0 Å². The van der Waals surface area contributed by atoms with E-state index in [1.54, 1.807) is 7.11 Å². The molecule has 4 heteroatoms. The highest BCUT2D eigenvalue weighted by molar-refractivity contribution is 4.76. The maximum atomic E-state index is 5.07. The van der Waals surface area contributed by atoms with E-state index in [1.165, 1.54) is 65.0 Å². The smallest absolute Gasteiger partial charge is 0.0587 e. The fraction of sp³-hybridized carbons (Fsp3) is 1.00. The molecule has 0 aromatic carbocycles. The predicted octanol–water partition coefficient (Wildman–Crippen LogP) is 1.03. The summed E-state index contributed by atoms with van der Waals surface area (Å²) >= 11 is 0. The Bertz CT molecular complexity index is 231. The van der Waals surface area contributed by atoms with Crippen LogP contribution in [0.5, 0.6) is 0 Å². The zero-order chi connectivity index (χ0) is 13.3. The van der Waals surface area contributed by atoms with Crippen LogP contribution < -0.4 is 5.32 Å². The van der Waals surface area contributed by atoms with Gasteiger partial charge in [0.05, 0.1) is 6.61 Å². The Morgan fingerprint density at radius 3 is 2.58 bits per heavy atom. The van der Waals surface area contributed by atoms with Gasteiger partial charge in [-0.1, -0.05) is 0 Å². The Kier molecular flexibility index (Phi) is 7.14. The summed E-state index contributed by atoms with van der Waals surface area (Å²) in [5.41, 5.74) is 0. The summed E-state index contributed by atoms with van der Waals surface area (Å²) in [6, 6.07) is 0. The third-order valence-corrected chi connectivity index (χ3v) is 4.45. The molecule has 0 amide bonds. The molecule has 2 fully saturated rings. The summed E-state index contributed by atoms with van der Waals surface area (Å²) in [7, 11) is 1.77. The number of methoxy groups -OCH3 is 1. The SMILES string of the molecule is COCCNCC1CCCN(CCN2CCCC2)C1. The molecule has 0 aromatic heterocycles. The fourth-order valence-corrected chi connectivity index (χ4v) is 3.29. The molecule has 2 saturated heterocycles. The molecule has 112 valence electrons. The standard InChI is InChI=1S/C15H31N3O/c1-19-12-6-16-13-15-5-4-9-18(14-15)11-10-17-7-2-3-8-17/h15-16H,2-14H2,1H3. The van der Waals surface area contributed by atoms with E-state index in [1.807, 2.05) is 0 Å². The van der Waals surface area contributed by atoms with Crippen LogP contribution in [0.4, 0.5) is 0 Å². The van der Waals surface area contributed by atoms with Crippen molar-refractivity contribution in [2.75, 3.05) is 66.1 Å². The van der Waals surface area contributed by atoms with Crippen molar-refractivity contribution in [3.8, 4) is 0 Å². The molecule has 1 atom stereocenters. The highest BCUT2D eigenvalue weighted by atomic mass is 16.5. The number of rotatable bonds is 8. The van der Waals surface area contributed by atoms with Gasteiger partial charge in [0.25, 0.3) is 0 Å². The molecule has 0 radical (unpaired) electrons. The van der Waals surface area contributed by atoms with Crippen molar-refractivity contribution in [1.29, 1.82) is 0 Å². The summed E-state index contributed by atoms with van der Waals surface area (Å²) in [6.07, 6.45) is 5.58. The number of hydrogen-bond acceptors (Lipinski definition) is 4. The molecular weight excluding hydrogens is 238 g/mol. The number of piperidine rings is 1. The summed E-state index contributed by atoms with van der Waals surface area (Å²) in [4.78, 5) is 5.30. The van der Waals surface area contributed by atoms with Crippen LogP contribution in [0, 0.1) is 5.92 Å². The number of nitrogens with one attached hydrogen (secondary N) is 1. The van der Waals surface area contributed by atoms with Crippen LogP contribution in [-0.2, 0) is 4.74 Å². The largest absolute Gasteiger partial charge is 0.383 e. The van der Waals surface area contributed by atoms with Crippen LogP contribution in [0.1, 0.15) is 25.7 Å². The Hall–Kier alpha value is -0.160. The molecule has 1 N–H and O–H groups in total. The van der Waals surface area contributed by atoms with Crippen molar-refractivity contribution in [1.82, 2.24) is 15.1 Å². The predicted molar refractivity (Wildman–Crippen MR) is 79.6 cm³/mol. The van der Waals surface area contributed by atoms with Crippen molar-refractivity contribution in [2.24, 2.45) is 5.92 Å². The molecule has 0 saturated carbocycles. The molecule has 1 unspecified atom stereocenters. The van der Waals surface area contributed by atoms with Gasteiger partial charge in [-0.3, -0.25) is 0 Å². The summed E-state index contributed by atoms with van der Waals surface area (Å²) < 4.78 is 5.07. The molecular formula is C15H31N3O. The second-order valence-electron chi connectivity index (χ2n) is 6.05. The average Bonchev–Trinajstić information content (AvgIpc) is 2.95. The van der Waals surface area contributed by atoms with Crippen LogP contribution in [-0.4, -0.2) is 75.9 Å². The fourth-order valence-electron chi connectivity index (χ4n) is 3.29. The van der Waals surface area contributed by atoms with Crippen LogP contribution in [0.3, 0.4) is 0 Å². The third kappa shape index (κ3) is 5.78. The first kappa shape index (κ1) is 15.2. The Balaban J connectivity index is 1.57. The Morgan fingerprint density at radius 2 is 1.79 bits per heavy atom. The second-order valence-corrected chi connectivity index (χ2v) is 6.05. The van der Waals surface area contributed by atoms with E-state index in [2.05, 4.69) is 15.1 Å². The topological polar surface area (TPSA) is 27.7 Å². The lowest BCUT2D eigenvalue weighted by molar-refractivity contribution is 0.150. The van der Waals surface area contributed by atoms with Crippen molar-refractivity contribution >= 4 is 0 Å². The molecule has 0 spiro atoms. The Labute approximate surface area is 118 Å². The lowest BCUT2D eigenvalue weighted by Gasteiger charge is -2.33. The Morgan fingerprint density at radius 1 is 1.05 bits per heavy atom. The van der Waals surface area contributed by atoms with Crippen LogP contribution in [0.15, 0.2) is 0 Å². The van der Waals surface area contributed by atoms with E-state index < -0.39 is 0 Å². The van der Waals surface area contributed by atoms with Crippen molar-refractivity contribution in [3.05, 3.63) is 0 Å². The van der Waals surface area contributed by atoms with Gasteiger partial charge >= 0.3 is 0 Å². The number of hydrogen-bond donors (Lipinski definition) is 1. The average molecular weight is 269 g/mol. The maximum Gasteiger partial charge on any atom is 0.0587 e. The molecule has 0 aliphatic carbocycles. The quantitative estimate of drug-likeness (QED) is 0.666. The van der Waals surface area contributed by atoms with Gasteiger partial charge < -0.3 is 19.9 Å². The normalized spacial score (nSPS) is 26.1. The molecule has 0 aromatic rings. The lowest BCUT2D eigenvalue weighted by Crippen LogP contribution is -2.43. The van der Waals surface area contributed by atoms with Gasteiger partial charge in [0.15, 0.2) is 0 Å². The van der Waals surface area contributed by atoms with E-state index in [4.69, 9.17) is 4.74 Å². The second kappa shape index (κ2) is 8.90. The molecule has 2 aliphatic heterocycles. The maximum absolute atomic E-state index is 5.07. The molecule has 2 aliphatic rings. The van der Waals surface area contributed by atoms with Gasteiger partial charge in [-0.05, 0) is 57.8 Å². The van der Waals surface area contributed by atoms with Gasteiger partial charge in [0.1, 0.15) is 0 Å². The highest BCUT2D eigenvalue weighted by Gasteiger charge is 2.20. The molecule has 0 bridgehead atoms. The van der Waals surface area contributed by atoms with Crippen molar-refractivity contribution in [2.45, 2.75) is 25.7 Å². The van der Waals surface area contributed by atoms with E-state index in [0.717, 1.165) is 25.6 Å². The van der Waals surface area contributed by atoms with Gasteiger partial charge in [-0.15, -0.1) is 0 Å². The summed E-state index contributed by atoms with van der Waals surface area (Å²) in [5.74, 6) is 0.837. The zero-order valence-electron chi connectivity index (χ0n) is 12.6. The minimum atomic E-state index is 0.825. The van der Waals surface area contributed by atoms with E-state index in [-0.39, 0.29) is 0 Å². The van der Waals surface area contributed by atoms with Crippen LogP contribution >= 0.6 is 0 Å². The molecule has 4 nitrogen and oxygen atoms in total. The third-order valence-electron chi connectivity index (χ3n) is 4.45. The van der Waals surface area contributed by atoms with Crippen LogP contribution in [0.25, 0.3) is 0 Å². The van der Waals surface area contributed by atoms with Gasteiger partial charge in [0.2, 0.25) is 0 Å². The van der Waals surface area contributed by atoms with E-state index >= 15 is 0 Å². The van der Waals surface area contributed by atoms with Crippen molar-refractivity contribution < 1.29 is 4.74 Å². The number of likely N-dealkylation sites (tertiary alicyclic amines) is 2. The number of nitrogens with zero attached hydrogens (tertiary/aromatic N) is 2. The monoisotopic (exact) mass is 269 g/mol. The van der Waals surface area contributed by atoms with Gasteiger partial charge in [-0.2, -0.15) is 0 Å². The lowest BCUT2D eigenvalue weighted by atomic mass is 9.98.